The fourth-order valence-electron chi connectivity index (χ4n) is 4.29. The Morgan fingerprint density at radius 1 is 0.833 bits per heavy atom. The largest absolute Gasteiger partial charge is 0.490 e. The molecular formula is C27H20Cl2N4O3. The van der Waals surface area contributed by atoms with E-state index in [-0.39, 0.29) is 12.2 Å². The van der Waals surface area contributed by atoms with Crippen molar-refractivity contribution in [2.45, 2.75) is 13.0 Å². The first-order valence-electron chi connectivity index (χ1n) is 11.5. The molecule has 3 heterocycles. The number of benzene rings is 3. The van der Waals surface area contributed by atoms with E-state index in [1.807, 2.05) is 66.7 Å². The average molecular weight is 519 g/mol. The minimum Gasteiger partial charge on any atom is -0.490 e. The fourth-order valence-corrected chi connectivity index (χ4v) is 4.54. The molecule has 0 saturated carbocycles. The smallest absolute Gasteiger partial charge is 0.367 e. The number of hydrogen-bond acceptors (Lipinski definition) is 5. The molecule has 180 valence electrons. The van der Waals surface area contributed by atoms with E-state index in [9.17, 15) is 4.79 Å². The third kappa shape index (κ3) is 4.21. The minimum atomic E-state index is -0.338. The quantitative estimate of drug-likeness (QED) is 0.303. The predicted octanol–water partition coefficient (Wildman–Crippen LogP) is 5.74. The van der Waals surface area contributed by atoms with Crippen LogP contribution in [0.5, 0.6) is 11.5 Å². The van der Waals surface area contributed by atoms with Crippen molar-refractivity contribution in [2.24, 2.45) is 0 Å². The summed E-state index contributed by atoms with van der Waals surface area (Å²) in [4.78, 5) is 13.3. The van der Waals surface area contributed by atoms with Crippen molar-refractivity contribution in [3.05, 3.63) is 99.0 Å². The van der Waals surface area contributed by atoms with Crippen molar-refractivity contribution in [1.29, 1.82) is 0 Å². The van der Waals surface area contributed by atoms with E-state index in [0.717, 1.165) is 34.2 Å². The summed E-state index contributed by atoms with van der Waals surface area (Å²) < 4.78 is 14.3. The number of nitrogens with zero attached hydrogens (tertiary/aromatic N) is 4. The van der Waals surface area contributed by atoms with E-state index in [4.69, 9.17) is 37.8 Å². The zero-order valence-corrected chi connectivity index (χ0v) is 20.5. The number of ether oxygens (including phenoxy) is 2. The lowest BCUT2D eigenvalue weighted by atomic mass is 9.97. The Balaban J connectivity index is 1.49. The molecule has 5 aromatic rings. The van der Waals surface area contributed by atoms with Gasteiger partial charge in [-0.2, -0.15) is 9.61 Å². The molecule has 1 aliphatic rings. The number of fused-ring (bicyclic) bond motifs is 2. The van der Waals surface area contributed by atoms with Crippen LogP contribution in [0.2, 0.25) is 10.0 Å². The molecular weight excluding hydrogens is 499 g/mol. The average Bonchev–Trinajstić information content (AvgIpc) is 3.04. The molecule has 6 rings (SSSR count). The van der Waals surface area contributed by atoms with Crippen molar-refractivity contribution in [3.8, 4) is 33.8 Å². The second kappa shape index (κ2) is 9.33. The van der Waals surface area contributed by atoms with Crippen LogP contribution in [0.3, 0.4) is 0 Å². The van der Waals surface area contributed by atoms with Gasteiger partial charge in [0, 0.05) is 27.6 Å². The molecule has 0 aliphatic carbocycles. The molecule has 0 fully saturated rings. The third-order valence-electron chi connectivity index (χ3n) is 6.05. The van der Waals surface area contributed by atoms with Gasteiger partial charge in [0.05, 0.1) is 26.0 Å². The zero-order chi connectivity index (χ0) is 24.6. The van der Waals surface area contributed by atoms with Crippen LogP contribution in [-0.2, 0) is 6.54 Å². The van der Waals surface area contributed by atoms with E-state index < -0.39 is 0 Å². The third-order valence-corrected chi connectivity index (χ3v) is 6.55. The van der Waals surface area contributed by atoms with Gasteiger partial charge in [-0.15, -0.1) is 5.10 Å². The van der Waals surface area contributed by atoms with Crippen LogP contribution >= 0.6 is 23.2 Å². The highest BCUT2D eigenvalue weighted by atomic mass is 35.5. The predicted molar refractivity (Wildman–Crippen MR) is 139 cm³/mol. The van der Waals surface area contributed by atoms with Crippen molar-refractivity contribution >= 4 is 28.8 Å². The summed E-state index contributed by atoms with van der Waals surface area (Å²) in [6.45, 7) is 1.47. The number of aromatic nitrogens is 4. The summed E-state index contributed by atoms with van der Waals surface area (Å²) in [5.74, 6) is 1.38. The van der Waals surface area contributed by atoms with E-state index in [1.165, 1.54) is 9.20 Å². The lowest BCUT2D eigenvalue weighted by Crippen LogP contribution is -2.23. The molecule has 2 aromatic heterocycles. The Labute approximate surface area is 216 Å². The van der Waals surface area contributed by atoms with Crippen LogP contribution in [0.15, 0.2) is 77.7 Å². The number of halogens is 2. The first kappa shape index (κ1) is 22.6. The van der Waals surface area contributed by atoms with Gasteiger partial charge < -0.3 is 9.47 Å². The van der Waals surface area contributed by atoms with Crippen LogP contribution in [0.4, 0.5) is 0 Å². The molecule has 0 radical (unpaired) electrons. The summed E-state index contributed by atoms with van der Waals surface area (Å²) in [5, 5.41) is 10.4. The van der Waals surface area contributed by atoms with Gasteiger partial charge in [-0.3, -0.25) is 0 Å². The summed E-state index contributed by atoms with van der Waals surface area (Å²) in [5.41, 5.74) is 4.36. The second-order valence-corrected chi connectivity index (χ2v) is 9.33. The molecule has 1 aliphatic heterocycles. The van der Waals surface area contributed by atoms with Crippen LogP contribution in [-0.4, -0.2) is 32.6 Å². The number of hydrogen-bond donors (Lipinski definition) is 0. The van der Waals surface area contributed by atoms with E-state index in [1.54, 1.807) is 6.20 Å². The molecule has 0 spiro atoms. The topological polar surface area (TPSA) is 70.7 Å². The lowest BCUT2D eigenvalue weighted by molar-refractivity contribution is 0.297. The molecule has 0 amide bonds. The Bertz CT molecular complexity index is 1630. The van der Waals surface area contributed by atoms with Crippen molar-refractivity contribution in [1.82, 2.24) is 19.4 Å². The Morgan fingerprint density at radius 2 is 1.50 bits per heavy atom. The highest BCUT2D eigenvalue weighted by Crippen LogP contribution is 2.35. The van der Waals surface area contributed by atoms with E-state index in [0.29, 0.717) is 40.4 Å². The molecule has 0 unspecified atom stereocenters. The molecule has 7 nitrogen and oxygen atoms in total. The normalized spacial score (nSPS) is 13.1. The zero-order valence-electron chi connectivity index (χ0n) is 19.0. The maximum absolute atomic E-state index is 13.3. The molecule has 36 heavy (non-hydrogen) atoms. The fraction of sp³-hybridized carbons (Fsp3) is 0.148. The van der Waals surface area contributed by atoms with E-state index >= 15 is 0 Å². The standard InChI is InChI=1S/C27H20Cl2N4O3/c28-20-7-3-18(4-8-20)22-15-30-33-26(25(22)19-5-9-21(29)10-6-19)31-32(27(33)34)16-17-2-11-23-24(14-17)36-13-1-12-35-23/h2-11,14-15H,1,12-13,16H2. The Hall–Kier alpha value is -3.81. The van der Waals surface area contributed by atoms with Gasteiger partial charge >= 0.3 is 5.69 Å². The number of rotatable bonds is 4. The lowest BCUT2D eigenvalue weighted by Gasteiger charge is -2.11. The van der Waals surface area contributed by atoms with Crippen LogP contribution in [0.1, 0.15) is 12.0 Å². The monoisotopic (exact) mass is 518 g/mol. The van der Waals surface area contributed by atoms with Crippen molar-refractivity contribution in [2.75, 3.05) is 13.2 Å². The Kier molecular flexibility index (Phi) is 5.87. The SMILES string of the molecule is O=c1n(Cc2ccc3c(c2)OCCCO3)nc2c(-c3ccc(Cl)cc3)c(-c3ccc(Cl)cc3)cnn12. The van der Waals surface area contributed by atoms with E-state index in [2.05, 4.69) is 5.10 Å². The summed E-state index contributed by atoms with van der Waals surface area (Å²) >= 11 is 12.3. The van der Waals surface area contributed by atoms with Gasteiger partial charge in [0.1, 0.15) is 0 Å². The highest BCUT2D eigenvalue weighted by molar-refractivity contribution is 6.31. The van der Waals surface area contributed by atoms with Gasteiger partial charge in [0.2, 0.25) is 0 Å². The molecule has 9 heteroatoms. The minimum absolute atomic E-state index is 0.259. The molecule has 0 atom stereocenters. The van der Waals surface area contributed by atoms with Crippen molar-refractivity contribution in [3.63, 3.8) is 0 Å². The first-order chi connectivity index (χ1) is 17.6. The molecule has 3 aromatic carbocycles. The van der Waals surface area contributed by atoms with Gasteiger partial charge in [0.25, 0.3) is 0 Å². The molecule has 0 saturated heterocycles. The summed E-state index contributed by atoms with van der Waals surface area (Å²) in [7, 11) is 0. The van der Waals surface area contributed by atoms with Crippen molar-refractivity contribution < 1.29 is 9.47 Å². The maximum Gasteiger partial charge on any atom is 0.367 e. The van der Waals surface area contributed by atoms with Crippen LogP contribution < -0.4 is 15.2 Å². The maximum atomic E-state index is 13.3. The van der Waals surface area contributed by atoms with Gasteiger partial charge in [0.15, 0.2) is 17.1 Å². The second-order valence-electron chi connectivity index (χ2n) is 8.45. The Morgan fingerprint density at radius 3 is 2.22 bits per heavy atom. The highest BCUT2D eigenvalue weighted by Gasteiger charge is 2.19. The first-order valence-corrected chi connectivity index (χ1v) is 12.2. The molecule has 0 N–H and O–H groups in total. The summed E-state index contributed by atoms with van der Waals surface area (Å²) in [6.07, 6.45) is 2.51. The molecule has 0 bridgehead atoms. The van der Waals surface area contributed by atoms with Crippen LogP contribution in [0.25, 0.3) is 27.9 Å². The summed E-state index contributed by atoms with van der Waals surface area (Å²) in [6, 6.07) is 20.6. The van der Waals surface area contributed by atoms with Gasteiger partial charge in [-0.1, -0.05) is 53.5 Å². The van der Waals surface area contributed by atoms with Gasteiger partial charge in [-0.25, -0.2) is 9.48 Å². The van der Waals surface area contributed by atoms with Gasteiger partial charge in [-0.05, 0) is 53.1 Å². The van der Waals surface area contributed by atoms with Crippen LogP contribution in [0, 0.1) is 0 Å².